The van der Waals surface area contributed by atoms with Crippen LogP contribution in [-0.2, 0) is 13.0 Å². The number of hydrogen-bond donors (Lipinski definition) is 1. The van der Waals surface area contributed by atoms with Crippen molar-refractivity contribution in [3.8, 4) is 0 Å². The van der Waals surface area contributed by atoms with Crippen LogP contribution in [0, 0.1) is 0 Å². The molecule has 3 heteroatoms. The maximum atomic E-state index is 4.20. The van der Waals surface area contributed by atoms with E-state index in [0.717, 1.165) is 25.1 Å². The molecule has 0 aliphatic heterocycles. The molecule has 0 saturated heterocycles. The van der Waals surface area contributed by atoms with Crippen LogP contribution in [0.1, 0.15) is 24.6 Å². The second-order valence-corrected chi connectivity index (χ2v) is 3.96. The van der Waals surface area contributed by atoms with E-state index in [1.165, 1.54) is 11.3 Å². The lowest BCUT2D eigenvalue weighted by Gasteiger charge is -2.10. The lowest BCUT2D eigenvalue weighted by atomic mass is 10.1. The Balaban J connectivity index is 2.03. The Kier molecular flexibility index (Phi) is 4.08. The summed E-state index contributed by atoms with van der Waals surface area (Å²) in [7, 11) is 0. The summed E-state index contributed by atoms with van der Waals surface area (Å²) in [4.78, 5) is 8.10. The average Bonchev–Trinajstić information content (AvgIpc) is 2.39. The van der Waals surface area contributed by atoms with Crippen molar-refractivity contribution < 1.29 is 0 Å². The zero-order chi connectivity index (χ0) is 11.9. The van der Waals surface area contributed by atoms with Crippen LogP contribution in [0.3, 0.4) is 0 Å². The Morgan fingerprint density at radius 3 is 2.82 bits per heavy atom. The van der Waals surface area contributed by atoms with Crippen molar-refractivity contribution in [3.63, 3.8) is 0 Å². The van der Waals surface area contributed by atoms with Gasteiger partial charge in [-0.15, -0.1) is 0 Å². The van der Waals surface area contributed by atoms with Crippen LogP contribution >= 0.6 is 0 Å². The zero-order valence-electron chi connectivity index (χ0n) is 10.1. The van der Waals surface area contributed by atoms with E-state index in [9.17, 15) is 0 Å². The lowest BCUT2D eigenvalue weighted by Crippen LogP contribution is -2.03. The molecule has 1 aromatic carbocycles. The molecular weight excluding hydrogens is 210 g/mol. The number of para-hydroxylation sites is 1. The molecule has 0 radical (unpaired) electrons. The van der Waals surface area contributed by atoms with Crippen LogP contribution in [0.5, 0.6) is 0 Å². The smallest absolute Gasteiger partial charge is 0.115 e. The first-order valence-electron chi connectivity index (χ1n) is 5.97. The molecule has 1 heterocycles. The van der Waals surface area contributed by atoms with Crippen molar-refractivity contribution in [2.24, 2.45) is 0 Å². The van der Waals surface area contributed by atoms with Crippen LogP contribution in [-0.4, -0.2) is 9.97 Å². The summed E-state index contributed by atoms with van der Waals surface area (Å²) < 4.78 is 0. The second kappa shape index (κ2) is 5.99. The van der Waals surface area contributed by atoms with E-state index in [1.54, 1.807) is 12.5 Å². The minimum Gasteiger partial charge on any atom is -0.379 e. The van der Waals surface area contributed by atoms with Crippen molar-refractivity contribution in [1.82, 2.24) is 9.97 Å². The first-order valence-corrected chi connectivity index (χ1v) is 5.97. The predicted molar refractivity (Wildman–Crippen MR) is 69.8 cm³/mol. The maximum Gasteiger partial charge on any atom is 0.115 e. The van der Waals surface area contributed by atoms with E-state index < -0.39 is 0 Å². The molecule has 0 aliphatic carbocycles. The normalized spacial score (nSPS) is 10.2. The van der Waals surface area contributed by atoms with E-state index in [1.807, 2.05) is 6.07 Å². The SMILES string of the molecule is CCCc1ccccc1NCc1ccncn1. The van der Waals surface area contributed by atoms with E-state index in [-0.39, 0.29) is 0 Å². The largest absolute Gasteiger partial charge is 0.379 e. The van der Waals surface area contributed by atoms with Gasteiger partial charge in [0, 0.05) is 11.9 Å². The van der Waals surface area contributed by atoms with Gasteiger partial charge in [0.25, 0.3) is 0 Å². The van der Waals surface area contributed by atoms with Gasteiger partial charge in [-0.1, -0.05) is 31.5 Å². The summed E-state index contributed by atoms with van der Waals surface area (Å²) >= 11 is 0. The molecule has 0 saturated carbocycles. The molecule has 3 nitrogen and oxygen atoms in total. The third-order valence-corrected chi connectivity index (χ3v) is 2.64. The Hall–Kier alpha value is -1.90. The highest BCUT2D eigenvalue weighted by Gasteiger charge is 2.00. The van der Waals surface area contributed by atoms with Crippen LogP contribution in [0.2, 0.25) is 0 Å². The van der Waals surface area contributed by atoms with E-state index in [4.69, 9.17) is 0 Å². The van der Waals surface area contributed by atoms with Gasteiger partial charge in [-0.05, 0) is 24.1 Å². The fourth-order valence-electron chi connectivity index (χ4n) is 1.79. The van der Waals surface area contributed by atoms with E-state index in [2.05, 4.69) is 46.5 Å². The number of aromatic nitrogens is 2. The first kappa shape index (κ1) is 11.6. The molecule has 0 unspecified atom stereocenters. The van der Waals surface area contributed by atoms with Gasteiger partial charge >= 0.3 is 0 Å². The van der Waals surface area contributed by atoms with Crippen molar-refractivity contribution in [1.29, 1.82) is 0 Å². The number of benzene rings is 1. The third-order valence-electron chi connectivity index (χ3n) is 2.64. The van der Waals surface area contributed by atoms with Gasteiger partial charge in [-0.25, -0.2) is 9.97 Å². The van der Waals surface area contributed by atoms with Crippen molar-refractivity contribution in [3.05, 3.63) is 54.1 Å². The van der Waals surface area contributed by atoms with Gasteiger partial charge in [-0.3, -0.25) is 0 Å². The predicted octanol–water partition coefficient (Wildman–Crippen LogP) is 3.04. The monoisotopic (exact) mass is 227 g/mol. The molecule has 0 atom stereocenters. The maximum absolute atomic E-state index is 4.20. The summed E-state index contributed by atoms with van der Waals surface area (Å²) in [5.74, 6) is 0. The minimum atomic E-state index is 0.739. The minimum absolute atomic E-state index is 0.739. The molecule has 1 N–H and O–H groups in total. The van der Waals surface area contributed by atoms with Crippen molar-refractivity contribution in [2.45, 2.75) is 26.3 Å². The molecule has 0 aliphatic rings. The fraction of sp³-hybridized carbons (Fsp3) is 0.286. The highest BCUT2D eigenvalue weighted by Crippen LogP contribution is 2.17. The van der Waals surface area contributed by atoms with Gasteiger partial charge in [0.05, 0.1) is 12.2 Å². The van der Waals surface area contributed by atoms with Crippen LogP contribution in [0.4, 0.5) is 5.69 Å². The summed E-state index contributed by atoms with van der Waals surface area (Å²) in [6.45, 7) is 2.93. The number of rotatable bonds is 5. The van der Waals surface area contributed by atoms with Crippen molar-refractivity contribution >= 4 is 5.69 Å². The first-order chi connectivity index (χ1) is 8.40. The number of anilines is 1. The standard InChI is InChI=1S/C14H17N3/c1-2-5-12-6-3-4-7-14(12)16-10-13-8-9-15-11-17-13/h3-4,6-9,11,16H,2,5,10H2,1H3. The number of hydrogen-bond acceptors (Lipinski definition) is 3. The summed E-state index contributed by atoms with van der Waals surface area (Å²) in [6, 6.07) is 10.4. The Labute approximate surface area is 102 Å². The van der Waals surface area contributed by atoms with Crippen LogP contribution in [0.25, 0.3) is 0 Å². The number of nitrogens with one attached hydrogen (secondary N) is 1. The second-order valence-electron chi connectivity index (χ2n) is 3.96. The van der Waals surface area contributed by atoms with Gasteiger partial charge in [0.1, 0.15) is 6.33 Å². The molecule has 17 heavy (non-hydrogen) atoms. The van der Waals surface area contributed by atoms with Gasteiger partial charge in [0.2, 0.25) is 0 Å². The average molecular weight is 227 g/mol. The highest BCUT2D eigenvalue weighted by atomic mass is 14.9. The summed E-state index contributed by atoms with van der Waals surface area (Å²) in [6.07, 6.45) is 5.61. The summed E-state index contributed by atoms with van der Waals surface area (Å²) in [5.41, 5.74) is 3.57. The van der Waals surface area contributed by atoms with Gasteiger partial charge < -0.3 is 5.32 Å². The quantitative estimate of drug-likeness (QED) is 0.853. The summed E-state index contributed by atoms with van der Waals surface area (Å²) in [5, 5.41) is 3.42. The van der Waals surface area contributed by atoms with E-state index in [0.29, 0.717) is 0 Å². The molecule has 1 aromatic heterocycles. The molecule has 0 spiro atoms. The Bertz CT molecular complexity index is 454. The van der Waals surface area contributed by atoms with E-state index >= 15 is 0 Å². The lowest BCUT2D eigenvalue weighted by molar-refractivity contribution is 0.916. The van der Waals surface area contributed by atoms with Crippen LogP contribution < -0.4 is 5.32 Å². The van der Waals surface area contributed by atoms with Crippen molar-refractivity contribution in [2.75, 3.05) is 5.32 Å². The zero-order valence-corrected chi connectivity index (χ0v) is 10.1. The molecule has 2 aromatic rings. The topological polar surface area (TPSA) is 37.8 Å². The molecule has 0 amide bonds. The molecule has 2 rings (SSSR count). The fourth-order valence-corrected chi connectivity index (χ4v) is 1.79. The Morgan fingerprint density at radius 2 is 2.06 bits per heavy atom. The molecular formula is C14H17N3. The number of nitrogens with zero attached hydrogens (tertiary/aromatic N) is 2. The van der Waals surface area contributed by atoms with Gasteiger partial charge in [0.15, 0.2) is 0 Å². The molecule has 0 bridgehead atoms. The van der Waals surface area contributed by atoms with Gasteiger partial charge in [-0.2, -0.15) is 0 Å². The Morgan fingerprint density at radius 1 is 1.18 bits per heavy atom. The highest BCUT2D eigenvalue weighted by molar-refractivity contribution is 5.51. The molecule has 0 fully saturated rings. The molecule has 88 valence electrons. The van der Waals surface area contributed by atoms with Crippen LogP contribution in [0.15, 0.2) is 42.9 Å². The third kappa shape index (κ3) is 3.28. The number of aryl methyl sites for hydroxylation is 1.